The van der Waals surface area contributed by atoms with Gasteiger partial charge in [0.1, 0.15) is 5.75 Å². The molecule has 1 aromatic rings. The van der Waals surface area contributed by atoms with E-state index in [-0.39, 0.29) is 11.9 Å². The van der Waals surface area contributed by atoms with Crippen LogP contribution in [0, 0.1) is 5.41 Å². The summed E-state index contributed by atoms with van der Waals surface area (Å²) >= 11 is 0. The molecule has 2 fully saturated rings. The molecule has 0 bridgehead atoms. The summed E-state index contributed by atoms with van der Waals surface area (Å²) < 4.78 is 5.44. The minimum atomic E-state index is -0.0246. The second-order valence-electron chi connectivity index (χ2n) is 7.01. The molecule has 2 saturated heterocycles. The van der Waals surface area contributed by atoms with Crippen molar-refractivity contribution in [2.75, 3.05) is 32.8 Å². The number of piperidine rings is 1. The van der Waals surface area contributed by atoms with E-state index in [4.69, 9.17) is 4.74 Å². The van der Waals surface area contributed by atoms with Crippen molar-refractivity contribution in [2.24, 2.45) is 5.41 Å². The number of ether oxygens (including phenoxy) is 1. The molecule has 132 valence electrons. The Hall–Kier alpha value is -1.59. The molecular weight excluding hydrogens is 302 g/mol. The fraction of sp³-hybridized carbons (Fsp3) is 0.632. The minimum Gasteiger partial charge on any atom is -0.494 e. The SMILES string of the molecule is CCOc1ccc(CCNC(=O)[C@H]2CC3(CCNCC3)CN2)cc1. The van der Waals surface area contributed by atoms with Gasteiger partial charge in [0.2, 0.25) is 5.91 Å². The summed E-state index contributed by atoms with van der Waals surface area (Å²) in [6, 6.07) is 8.08. The lowest BCUT2D eigenvalue weighted by Crippen LogP contribution is -2.41. The molecule has 5 nitrogen and oxygen atoms in total. The van der Waals surface area contributed by atoms with Crippen LogP contribution in [-0.2, 0) is 11.2 Å². The quantitative estimate of drug-likeness (QED) is 0.739. The Balaban J connectivity index is 1.41. The molecule has 24 heavy (non-hydrogen) atoms. The third kappa shape index (κ3) is 4.28. The molecule has 0 aliphatic carbocycles. The first-order valence-electron chi connectivity index (χ1n) is 9.14. The van der Waals surface area contributed by atoms with Crippen molar-refractivity contribution in [2.45, 2.75) is 38.6 Å². The van der Waals surface area contributed by atoms with Gasteiger partial charge in [-0.2, -0.15) is 0 Å². The fourth-order valence-corrected chi connectivity index (χ4v) is 3.81. The second-order valence-corrected chi connectivity index (χ2v) is 7.01. The summed E-state index contributed by atoms with van der Waals surface area (Å²) in [6.07, 6.45) is 4.18. The lowest BCUT2D eigenvalue weighted by molar-refractivity contribution is -0.122. The van der Waals surface area contributed by atoms with Crippen LogP contribution < -0.4 is 20.7 Å². The molecule has 5 heteroatoms. The fourth-order valence-electron chi connectivity index (χ4n) is 3.81. The van der Waals surface area contributed by atoms with Crippen molar-refractivity contribution in [3.05, 3.63) is 29.8 Å². The van der Waals surface area contributed by atoms with E-state index in [1.165, 1.54) is 18.4 Å². The highest BCUT2D eigenvalue weighted by molar-refractivity contribution is 5.82. The van der Waals surface area contributed by atoms with Crippen LogP contribution in [-0.4, -0.2) is 44.7 Å². The average molecular weight is 331 g/mol. The number of hydrogen-bond acceptors (Lipinski definition) is 4. The van der Waals surface area contributed by atoms with Gasteiger partial charge in [-0.25, -0.2) is 0 Å². The van der Waals surface area contributed by atoms with Crippen molar-refractivity contribution < 1.29 is 9.53 Å². The molecule has 0 unspecified atom stereocenters. The first kappa shape index (κ1) is 17.2. The van der Waals surface area contributed by atoms with E-state index in [0.29, 0.717) is 18.6 Å². The van der Waals surface area contributed by atoms with Crippen LogP contribution in [0.2, 0.25) is 0 Å². The predicted molar refractivity (Wildman–Crippen MR) is 95.3 cm³/mol. The third-order valence-electron chi connectivity index (χ3n) is 5.29. The Morgan fingerprint density at radius 3 is 2.75 bits per heavy atom. The molecular formula is C19H29N3O2. The van der Waals surface area contributed by atoms with E-state index < -0.39 is 0 Å². The standard InChI is InChI=1S/C19H29N3O2/c1-2-24-16-5-3-15(4-6-16)7-10-21-18(23)17-13-19(14-22-17)8-11-20-12-9-19/h3-6,17,20,22H,2,7-14H2,1H3,(H,21,23)/t17-/m1/s1. The number of carbonyl (C=O) groups is 1. The van der Waals surface area contributed by atoms with Crippen LogP contribution >= 0.6 is 0 Å². The third-order valence-corrected chi connectivity index (χ3v) is 5.29. The van der Waals surface area contributed by atoms with Crippen LogP contribution in [0.3, 0.4) is 0 Å². The number of rotatable bonds is 6. The van der Waals surface area contributed by atoms with Crippen molar-refractivity contribution in [1.82, 2.24) is 16.0 Å². The number of carbonyl (C=O) groups excluding carboxylic acids is 1. The van der Waals surface area contributed by atoms with Gasteiger partial charge in [-0.1, -0.05) is 12.1 Å². The molecule has 3 rings (SSSR count). The van der Waals surface area contributed by atoms with Crippen molar-refractivity contribution in [3.63, 3.8) is 0 Å². The summed E-state index contributed by atoms with van der Waals surface area (Å²) in [5.74, 6) is 1.05. The highest BCUT2D eigenvalue weighted by Gasteiger charge is 2.41. The largest absolute Gasteiger partial charge is 0.494 e. The summed E-state index contributed by atoms with van der Waals surface area (Å²) in [7, 11) is 0. The van der Waals surface area contributed by atoms with E-state index in [1.54, 1.807) is 0 Å². The highest BCUT2D eigenvalue weighted by Crippen LogP contribution is 2.37. The normalized spacial score (nSPS) is 22.5. The molecule has 2 aliphatic heterocycles. The van der Waals surface area contributed by atoms with Crippen molar-refractivity contribution in [3.8, 4) is 5.75 Å². The van der Waals surface area contributed by atoms with Gasteiger partial charge < -0.3 is 20.7 Å². The van der Waals surface area contributed by atoms with Crippen molar-refractivity contribution >= 4 is 5.91 Å². The molecule has 1 aromatic carbocycles. The van der Waals surface area contributed by atoms with E-state index in [0.717, 1.165) is 38.2 Å². The van der Waals surface area contributed by atoms with E-state index in [1.807, 2.05) is 19.1 Å². The maximum absolute atomic E-state index is 12.4. The molecule has 3 N–H and O–H groups in total. The molecule has 0 aromatic heterocycles. The summed E-state index contributed by atoms with van der Waals surface area (Å²) in [6.45, 7) is 6.47. The monoisotopic (exact) mass is 331 g/mol. The molecule has 1 spiro atoms. The zero-order valence-electron chi connectivity index (χ0n) is 14.6. The van der Waals surface area contributed by atoms with Gasteiger partial charge in [-0.05, 0) is 68.8 Å². The van der Waals surface area contributed by atoms with Gasteiger partial charge in [0.15, 0.2) is 0 Å². The number of benzene rings is 1. The number of hydrogen-bond donors (Lipinski definition) is 3. The second kappa shape index (κ2) is 7.99. The molecule has 1 atom stereocenters. The first-order chi connectivity index (χ1) is 11.7. The minimum absolute atomic E-state index is 0.0246. The lowest BCUT2D eigenvalue weighted by Gasteiger charge is -2.33. The highest BCUT2D eigenvalue weighted by atomic mass is 16.5. The number of nitrogens with one attached hydrogen (secondary N) is 3. The van der Waals surface area contributed by atoms with E-state index in [9.17, 15) is 4.79 Å². The van der Waals surface area contributed by atoms with Crippen LogP contribution in [0.15, 0.2) is 24.3 Å². The van der Waals surface area contributed by atoms with Gasteiger partial charge in [0.25, 0.3) is 0 Å². The van der Waals surface area contributed by atoms with Crippen molar-refractivity contribution in [1.29, 1.82) is 0 Å². The van der Waals surface area contributed by atoms with E-state index in [2.05, 4.69) is 28.1 Å². The molecule has 0 saturated carbocycles. The zero-order valence-corrected chi connectivity index (χ0v) is 14.6. The van der Waals surface area contributed by atoms with Gasteiger partial charge >= 0.3 is 0 Å². The molecule has 2 heterocycles. The molecule has 2 aliphatic rings. The zero-order chi connectivity index (χ0) is 16.8. The lowest BCUT2D eigenvalue weighted by atomic mass is 9.77. The number of amides is 1. The first-order valence-corrected chi connectivity index (χ1v) is 9.14. The van der Waals surface area contributed by atoms with Gasteiger partial charge in [-0.15, -0.1) is 0 Å². The van der Waals surface area contributed by atoms with Gasteiger partial charge in [0.05, 0.1) is 12.6 Å². The Morgan fingerprint density at radius 1 is 1.29 bits per heavy atom. The smallest absolute Gasteiger partial charge is 0.237 e. The van der Waals surface area contributed by atoms with Gasteiger partial charge in [0, 0.05) is 13.1 Å². The average Bonchev–Trinajstić information content (AvgIpc) is 3.01. The topological polar surface area (TPSA) is 62.4 Å². The van der Waals surface area contributed by atoms with E-state index >= 15 is 0 Å². The summed E-state index contributed by atoms with van der Waals surface area (Å²) in [4.78, 5) is 12.4. The Kier molecular flexibility index (Phi) is 5.74. The maximum atomic E-state index is 12.4. The summed E-state index contributed by atoms with van der Waals surface area (Å²) in [5, 5.41) is 9.92. The Morgan fingerprint density at radius 2 is 2.04 bits per heavy atom. The Bertz CT molecular complexity index is 538. The van der Waals surface area contributed by atoms with Crippen LogP contribution in [0.25, 0.3) is 0 Å². The maximum Gasteiger partial charge on any atom is 0.237 e. The molecule has 0 radical (unpaired) electrons. The molecule has 1 amide bonds. The summed E-state index contributed by atoms with van der Waals surface area (Å²) in [5.41, 5.74) is 1.55. The Labute approximate surface area is 144 Å². The van der Waals surface area contributed by atoms with Crippen LogP contribution in [0.4, 0.5) is 0 Å². The van der Waals surface area contributed by atoms with Gasteiger partial charge in [-0.3, -0.25) is 4.79 Å². The van der Waals surface area contributed by atoms with Crippen LogP contribution in [0.1, 0.15) is 31.7 Å². The van der Waals surface area contributed by atoms with Crippen LogP contribution in [0.5, 0.6) is 5.75 Å². The predicted octanol–water partition coefficient (Wildman–Crippen LogP) is 1.48.